The lowest BCUT2D eigenvalue weighted by atomic mass is 10.1. The van der Waals surface area contributed by atoms with Crippen molar-refractivity contribution < 1.29 is 24.2 Å². The van der Waals surface area contributed by atoms with E-state index in [1.165, 1.54) is 6.92 Å². The van der Waals surface area contributed by atoms with Gasteiger partial charge in [0.05, 0.1) is 6.61 Å². The molecule has 0 aromatic rings. The minimum absolute atomic E-state index is 0.218. The van der Waals surface area contributed by atoms with Gasteiger partial charge in [-0.2, -0.15) is 0 Å². The smallest absolute Gasteiger partial charge is 0.328 e. The maximum atomic E-state index is 11.5. The standard InChI is InChI=1S/C11H20N2O5/c1-5-18-10(16)7(4)12-11(17)13-8(6(2)3)9(14)15/h6-8H,5H2,1-4H3,(H,14,15)(H2,12,13,17)/t7?,8-/m0/s1. The highest BCUT2D eigenvalue weighted by atomic mass is 16.5. The van der Waals surface area contributed by atoms with Crippen LogP contribution in [0.2, 0.25) is 0 Å². The van der Waals surface area contributed by atoms with Gasteiger partial charge in [0, 0.05) is 0 Å². The molecule has 0 fully saturated rings. The van der Waals surface area contributed by atoms with E-state index in [-0.39, 0.29) is 12.5 Å². The van der Waals surface area contributed by atoms with E-state index < -0.39 is 30.1 Å². The fraction of sp³-hybridized carbons (Fsp3) is 0.727. The first-order valence-electron chi connectivity index (χ1n) is 5.76. The number of esters is 1. The van der Waals surface area contributed by atoms with Gasteiger partial charge in [-0.3, -0.25) is 0 Å². The normalized spacial score (nSPS) is 13.6. The molecule has 0 radical (unpaired) electrons. The number of carbonyl (C=O) groups is 3. The zero-order valence-corrected chi connectivity index (χ0v) is 11.0. The van der Waals surface area contributed by atoms with Crippen LogP contribution < -0.4 is 10.6 Å². The molecule has 0 rings (SSSR count). The summed E-state index contributed by atoms with van der Waals surface area (Å²) in [7, 11) is 0. The van der Waals surface area contributed by atoms with Gasteiger partial charge >= 0.3 is 18.0 Å². The van der Waals surface area contributed by atoms with Crippen molar-refractivity contribution in [2.75, 3.05) is 6.61 Å². The molecule has 0 saturated carbocycles. The van der Waals surface area contributed by atoms with E-state index in [1.807, 2.05) is 0 Å². The monoisotopic (exact) mass is 260 g/mol. The molecule has 0 aliphatic carbocycles. The van der Waals surface area contributed by atoms with Crippen LogP contribution in [-0.2, 0) is 14.3 Å². The van der Waals surface area contributed by atoms with E-state index >= 15 is 0 Å². The summed E-state index contributed by atoms with van der Waals surface area (Å²) < 4.78 is 4.71. The van der Waals surface area contributed by atoms with Crippen LogP contribution >= 0.6 is 0 Å². The largest absolute Gasteiger partial charge is 0.480 e. The second kappa shape index (κ2) is 7.52. The predicted octanol–water partition coefficient (Wildman–Crippen LogP) is 0.346. The Hall–Kier alpha value is -1.79. The number of rotatable bonds is 6. The Kier molecular flexibility index (Phi) is 6.77. The van der Waals surface area contributed by atoms with Crippen molar-refractivity contribution in [1.82, 2.24) is 10.6 Å². The lowest BCUT2D eigenvalue weighted by molar-refractivity contribution is -0.144. The Morgan fingerprint density at radius 2 is 1.72 bits per heavy atom. The maximum absolute atomic E-state index is 11.5. The fourth-order valence-electron chi connectivity index (χ4n) is 1.22. The van der Waals surface area contributed by atoms with Crippen LogP contribution in [0.25, 0.3) is 0 Å². The number of carboxylic acid groups (broad SMARTS) is 1. The molecule has 0 aliphatic heterocycles. The number of amides is 2. The Morgan fingerprint density at radius 3 is 2.11 bits per heavy atom. The van der Waals surface area contributed by atoms with E-state index in [0.717, 1.165) is 0 Å². The number of aliphatic carboxylic acids is 1. The first kappa shape index (κ1) is 16.2. The Balaban J connectivity index is 4.33. The fourth-order valence-corrected chi connectivity index (χ4v) is 1.22. The summed E-state index contributed by atoms with van der Waals surface area (Å²) >= 11 is 0. The average molecular weight is 260 g/mol. The number of hydrogen-bond donors (Lipinski definition) is 3. The average Bonchev–Trinajstić information content (AvgIpc) is 2.25. The first-order chi connectivity index (χ1) is 8.29. The molecule has 1 unspecified atom stereocenters. The van der Waals surface area contributed by atoms with Crippen molar-refractivity contribution >= 4 is 18.0 Å². The molecule has 7 nitrogen and oxygen atoms in total. The van der Waals surface area contributed by atoms with Gasteiger partial charge in [0.2, 0.25) is 0 Å². The van der Waals surface area contributed by atoms with Crippen LogP contribution in [0.5, 0.6) is 0 Å². The third-order valence-electron chi connectivity index (χ3n) is 2.21. The van der Waals surface area contributed by atoms with Crippen LogP contribution in [0.1, 0.15) is 27.7 Å². The summed E-state index contributed by atoms with van der Waals surface area (Å²) in [5.74, 6) is -1.95. The minimum Gasteiger partial charge on any atom is -0.480 e. The van der Waals surface area contributed by atoms with Crippen LogP contribution in [0.3, 0.4) is 0 Å². The van der Waals surface area contributed by atoms with Gasteiger partial charge in [0.15, 0.2) is 0 Å². The van der Waals surface area contributed by atoms with Gasteiger partial charge in [-0.1, -0.05) is 13.8 Å². The molecular weight excluding hydrogens is 240 g/mol. The van der Waals surface area contributed by atoms with Crippen molar-refractivity contribution in [3.63, 3.8) is 0 Å². The number of hydrogen-bond acceptors (Lipinski definition) is 4. The second-order valence-corrected chi connectivity index (χ2v) is 4.15. The van der Waals surface area contributed by atoms with Crippen LogP contribution in [-0.4, -0.2) is 41.8 Å². The lowest BCUT2D eigenvalue weighted by Gasteiger charge is -2.19. The molecule has 0 aliphatic rings. The topological polar surface area (TPSA) is 105 Å². The van der Waals surface area contributed by atoms with Gasteiger partial charge in [0.1, 0.15) is 12.1 Å². The molecule has 2 amide bonds. The molecule has 0 heterocycles. The molecule has 104 valence electrons. The summed E-state index contributed by atoms with van der Waals surface area (Å²) in [5.41, 5.74) is 0. The molecule has 0 spiro atoms. The SMILES string of the molecule is CCOC(=O)C(C)NC(=O)N[C@H](C(=O)O)C(C)C. The molecule has 0 bridgehead atoms. The highest BCUT2D eigenvalue weighted by Crippen LogP contribution is 2.01. The van der Waals surface area contributed by atoms with Gasteiger partial charge in [-0.15, -0.1) is 0 Å². The van der Waals surface area contributed by atoms with Gasteiger partial charge in [-0.05, 0) is 19.8 Å². The zero-order chi connectivity index (χ0) is 14.3. The van der Waals surface area contributed by atoms with Crippen LogP contribution in [0.15, 0.2) is 0 Å². The number of urea groups is 1. The molecule has 0 aromatic carbocycles. The summed E-state index contributed by atoms with van der Waals surface area (Å²) in [6, 6.07) is -2.54. The van der Waals surface area contributed by atoms with E-state index in [1.54, 1.807) is 20.8 Å². The lowest BCUT2D eigenvalue weighted by Crippen LogP contribution is -2.52. The first-order valence-corrected chi connectivity index (χ1v) is 5.76. The van der Waals surface area contributed by atoms with E-state index in [2.05, 4.69) is 10.6 Å². The predicted molar refractivity (Wildman–Crippen MR) is 64.0 cm³/mol. The third kappa shape index (κ3) is 5.51. The molecule has 18 heavy (non-hydrogen) atoms. The maximum Gasteiger partial charge on any atom is 0.328 e. The van der Waals surface area contributed by atoms with E-state index in [0.29, 0.717) is 0 Å². The van der Waals surface area contributed by atoms with Crippen molar-refractivity contribution in [2.45, 2.75) is 39.8 Å². The molecule has 2 atom stereocenters. The summed E-state index contributed by atoms with van der Waals surface area (Å²) in [6.45, 7) is 6.69. The van der Waals surface area contributed by atoms with Crippen molar-refractivity contribution in [1.29, 1.82) is 0 Å². The molecule has 0 aromatic heterocycles. The van der Waals surface area contributed by atoms with Gasteiger partial charge in [-0.25, -0.2) is 14.4 Å². The summed E-state index contributed by atoms with van der Waals surface area (Å²) in [5, 5.41) is 13.5. The molecular formula is C11H20N2O5. The van der Waals surface area contributed by atoms with Crippen molar-refractivity contribution in [3.05, 3.63) is 0 Å². The minimum atomic E-state index is -1.12. The number of ether oxygens (including phenoxy) is 1. The van der Waals surface area contributed by atoms with Crippen molar-refractivity contribution in [2.24, 2.45) is 5.92 Å². The second-order valence-electron chi connectivity index (χ2n) is 4.15. The number of nitrogens with one attached hydrogen (secondary N) is 2. The van der Waals surface area contributed by atoms with E-state index in [9.17, 15) is 14.4 Å². The van der Waals surface area contributed by atoms with Crippen molar-refractivity contribution in [3.8, 4) is 0 Å². The summed E-state index contributed by atoms with van der Waals surface area (Å²) in [6.07, 6.45) is 0. The summed E-state index contributed by atoms with van der Waals surface area (Å²) in [4.78, 5) is 33.6. The van der Waals surface area contributed by atoms with Gasteiger partial charge in [0.25, 0.3) is 0 Å². The third-order valence-corrected chi connectivity index (χ3v) is 2.21. The zero-order valence-electron chi connectivity index (χ0n) is 11.0. The Bertz CT molecular complexity index is 317. The van der Waals surface area contributed by atoms with Crippen LogP contribution in [0.4, 0.5) is 4.79 Å². The number of carboxylic acids is 1. The number of carbonyl (C=O) groups excluding carboxylic acids is 2. The Morgan fingerprint density at radius 1 is 1.17 bits per heavy atom. The Labute approximate surface area is 106 Å². The molecule has 7 heteroatoms. The molecule has 3 N–H and O–H groups in total. The van der Waals surface area contributed by atoms with Crippen LogP contribution in [0, 0.1) is 5.92 Å². The highest BCUT2D eigenvalue weighted by Gasteiger charge is 2.25. The molecule has 0 saturated heterocycles. The highest BCUT2D eigenvalue weighted by molar-refractivity contribution is 5.86. The van der Waals surface area contributed by atoms with Gasteiger partial charge < -0.3 is 20.5 Å². The van der Waals surface area contributed by atoms with E-state index in [4.69, 9.17) is 9.84 Å². The quantitative estimate of drug-likeness (QED) is 0.597.